The van der Waals surface area contributed by atoms with Crippen molar-refractivity contribution in [1.29, 1.82) is 0 Å². The third kappa shape index (κ3) is 4.40. The van der Waals surface area contributed by atoms with E-state index >= 15 is 0 Å². The van der Waals surface area contributed by atoms with Gasteiger partial charge >= 0.3 is 0 Å². The van der Waals surface area contributed by atoms with Gasteiger partial charge in [-0.1, -0.05) is 18.2 Å². The van der Waals surface area contributed by atoms with Crippen LogP contribution in [0.5, 0.6) is 11.5 Å². The Hall–Kier alpha value is -3.69. The van der Waals surface area contributed by atoms with Crippen LogP contribution in [0, 0.1) is 13.8 Å². The molecule has 9 heteroatoms. The molecule has 2 N–H and O–H groups in total. The summed E-state index contributed by atoms with van der Waals surface area (Å²) in [5.41, 5.74) is 3.22. The second kappa shape index (κ2) is 8.92. The molecule has 0 bridgehead atoms. The Kier molecular flexibility index (Phi) is 5.80. The molecule has 4 aromatic rings. The molecule has 2 aromatic heterocycles. The zero-order valence-corrected chi connectivity index (χ0v) is 19.9. The van der Waals surface area contributed by atoms with Crippen LogP contribution in [0.25, 0.3) is 21.6 Å². The highest BCUT2D eigenvalue weighted by Crippen LogP contribution is 2.33. The number of H-pyrrole nitrogens is 1. The van der Waals surface area contributed by atoms with Gasteiger partial charge in [-0.3, -0.25) is 14.5 Å². The molecule has 8 nitrogen and oxygen atoms in total. The lowest BCUT2D eigenvalue weighted by Gasteiger charge is -2.17. The Balaban J connectivity index is 1.27. The SMILES string of the molecule is Cc1sc2nc(-c3cccc(NC(=O)CN(C)Cc4ccc5c(c4)OCO5)c3)[nH]c(=O)c2c1C. The minimum absolute atomic E-state index is 0.137. The molecule has 34 heavy (non-hydrogen) atoms. The highest BCUT2D eigenvalue weighted by Gasteiger charge is 2.16. The summed E-state index contributed by atoms with van der Waals surface area (Å²) in [5.74, 6) is 1.81. The van der Waals surface area contributed by atoms with Gasteiger partial charge < -0.3 is 19.8 Å². The number of likely N-dealkylation sites (N-methyl/N-ethyl adjacent to an activating group) is 1. The summed E-state index contributed by atoms with van der Waals surface area (Å²) in [6, 6.07) is 13.1. The van der Waals surface area contributed by atoms with Crippen LogP contribution in [0.3, 0.4) is 0 Å². The molecule has 3 heterocycles. The number of hydrogen-bond acceptors (Lipinski definition) is 7. The summed E-state index contributed by atoms with van der Waals surface area (Å²) < 4.78 is 10.8. The molecule has 2 aromatic carbocycles. The van der Waals surface area contributed by atoms with E-state index in [1.807, 2.05) is 68.3 Å². The van der Waals surface area contributed by atoms with Gasteiger partial charge in [0.05, 0.1) is 11.9 Å². The van der Waals surface area contributed by atoms with E-state index in [-0.39, 0.29) is 24.8 Å². The van der Waals surface area contributed by atoms with Gasteiger partial charge in [0.15, 0.2) is 11.5 Å². The molecule has 174 valence electrons. The summed E-state index contributed by atoms with van der Waals surface area (Å²) in [6.07, 6.45) is 0. The van der Waals surface area contributed by atoms with Crippen molar-refractivity contribution in [2.75, 3.05) is 25.7 Å². The van der Waals surface area contributed by atoms with Gasteiger partial charge in [0, 0.05) is 22.7 Å². The molecular weight excluding hydrogens is 452 g/mol. The smallest absolute Gasteiger partial charge is 0.260 e. The molecular formula is C25H24N4O4S. The van der Waals surface area contributed by atoms with Crippen molar-refractivity contribution < 1.29 is 14.3 Å². The quantitative estimate of drug-likeness (QED) is 0.436. The van der Waals surface area contributed by atoms with Crippen LogP contribution in [0.2, 0.25) is 0 Å². The Morgan fingerprint density at radius 2 is 2.00 bits per heavy atom. The predicted octanol–water partition coefficient (Wildman–Crippen LogP) is 4.07. The number of aryl methyl sites for hydroxylation is 2. The van der Waals surface area contributed by atoms with E-state index in [0.717, 1.165) is 33.1 Å². The molecule has 1 aliphatic rings. The third-order valence-corrected chi connectivity index (χ3v) is 6.86. The number of aromatic amines is 1. The number of carbonyl (C=O) groups is 1. The maximum atomic E-state index is 12.6. The molecule has 0 unspecified atom stereocenters. The standard InChI is InChI=1S/C25H24N4O4S/c1-14-15(2)34-25-22(14)24(31)27-23(28-25)17-5-4-6-18(10-17)26-21(30)12-29(3)11-16-7-8-19-20(9-16)33-13-32-19/h4-10H,11-13H2,1-3H3,(H,26,30)(H,27,28,31). The second-order valence-corrected chi connectivity index (χ2v) is 9.57. The molecule has 1 amide bonds. The lowest BCUT2D eigenvalue weighted by Crippen LogP contribution is -2.29. The first-order valence-electron chi connectivity index (χ1n) is 10.8. The normalized spacial score (nSPS) is 12.5. The van der Waals surface area contributed by atoms with Crippen molar-refractivity contribution in [3.05, 3.63) is 68.8 Å². The first-order valence-corrected chi connectivity index (χ1v) is 11.7. The summed E-state index contributed by atoms with van der Waals surface area (Å²) in [4.78, 5) is 36.5. The molecule has 0 atom stereocenters. The number of aromatic nitrogens is 2. The lowest BCUT2D eigenvalue weighted by atomic mass is 10.1. The first kappa shape index (κ1) is 22.1. The van der Waals surface area contributed by atoms with E-state index < -0.39 is 0 Å². The van der Waals surface area contributed by atoms with Crippen LogP contribution >= 0.6 is 11.3 Å². The summed E-state index contributed by atoms with van der Waals surface area (Å²) >= 11 is 1.51. The van der Waals surface area contributed by atoms with Crippen molar-refractivity contribution in [2.45, 2.75) is 20.4 Å². The maximum Gasteiger partial charge on any atom is 0.260 e. The molecule has 5 rings (SSSR count). The van der Waals surface area contributed by atoms with Gasteiger partial charge in [-0.25, -0.2) is 4.98 Å². The van der Waals surface area contributed by atoms with E-state index in [0.29, 0.717) is 28.3 Å². The molecule has 0 aliphatic carbocycles. The van der Waals surface area contributed by atoms with Gasteiger partial charge in [-0.05, 0) is 56.3 Å². The summed E-state index contributed by atoms with van der Waals surface area (Å²) in [6.45, 7) is 4.97. The van der Waals surface area contributed by atoms with Crippen molar-refractivity contribution in [3.8, 4) is 22.9 Å². The van der Waals surface area contributed by atoms with Crippen LogP contribution in [-0.2, 0) is 11.3 Å². The molecule has 0 radical (unpaired) electrons. The van der Waals surface area contributed by atoms with Gasteiger partial charge in [-0.15, -0.1) is 11.3 Å². The number of nitrogens with one attached hydrogen (secondary N) is 2. The predicted molar refractivity (Wildman–Crippen MR) is 133 cm³/mol. The van der Waals surface area contributed by atoms with Gasteiger partial charge in [-0.2, -0.15) is 0 Å². The van der Waals surface area contributed by atoms with E-state index in [1.165, 1.54) is 11.3 Å². The maximum absolute atomic E-state index is 12.6. The number of ether oxygens (including phenoxy) is 2. The second-order valence-electron chi connectivity index (χ2n) is 8.37. The van der Waals surface area contributed by atoms with E-state index in [4.69, 9.17) is 9.47 Å². The Morgan fingerprint density at radius 1 is 1.18 bits per heavy atom. The van der Waals surface area contributed by atoms with Gasteiger partial charge in [0.2, 0.25) is 12.7 Å². The zero-order chi connectivity index (χ0) is 23.8. The van der Waals surface area contributed by atoms with Gasteiger partial charge in [0.25, 0.3) is 5.56 Å². The first-order chi connectivity index (χ1) is 16.4. The molecule has 1 aliphatic heterocycles. The summed E-state index contributed by atoms with van der Waals surface area (Å²) in [7, 11) is 1.88. The van der Waals surface area contributed by atoms with Crippen molar-refractivity contribution in [2.24, 2.45) is 0 Å². The van der Waals surface area contributed by atoms with Crippen LogP contribution < -0.4 is 20.3 Å². The van der Waals surface area contributed by atoms with Crippen molar-refractivity contribution in [3.63, 3.8) is 0 Å². The van der Waals surface area contributed by atoms with Crippen LogP contribution in [0.4, 0.5) is 5.69 Å². The molecule has 0 saturated carbocycles. The molecule has 0 spiro atoms. The molecule has 0 saturated heterocycles. The van der Waals surface area contributed by atoms with Crippen LogP contribution in [0.15, 0.2) is 47.3 Å². The van der Waals surface area contributed by atoms with E-state index in [1.54, 1.807) is 0 Å². The average Bonchev–Trinajstić information content (AvgIpc) is 3.37. The van der Waals surface area contributed by atoms with Crippen LogP contribution in [-0.4, -0.2) is 41.2 Å². The average molecular weight is 477 g/mol. The number of amides is 1. The number of benzene rings is 2. The topological polar surface area (TPSA) is 96.6 Å². The highest BCUT2D eigenvalue weighted by molar-refractivity contribution is 7.18. The van der Waals surface area contributed by atoms with E-state index in [9.17, 15) is 9.59 Å². The zero-order valence-electron chi connectivity index (χ0n) is 19.1. The Labute approximate surface area is 200 Å². The fourth-order valence-corrected chi connectivity index (χ4v) is 5.02. The minimum Gasteiger partial charge on any atom is -0.454 e. The number of rotatable bonds is 6. The highest BCUT2D eigenvalue weighted by atomic mass is 32.1. The number of fused-ring (bicyclic) bond motifs is 2. The fourth-order valence-electron chi connectivity index (χ4n) is 3.99. The fraction of sp³-hybridized carbons (Fsp3) is 0.240. The number of nitrogens with zero attached hydrogens (tertiary/aromatic N) is 2. The van der Waals surface area contributed by atoms with Crippen LogP contribution in [0.1, 0.15) is 16.0 Å². The number of hydrogen-bond donors (Lipinski definition) is 2. The monoisotopic (exact) mass is 476 g/mol. The Morgan fingerprint density at radius 3 is 2.85 bits per heavy atom. The van der Waals surface area contributed by atoms with E-state index in [2.05, 4.69) is 15.3 Å². The summed E-state index contributed by atoms with van der Waals surface area (Å²) in [5, 5.41) is 3.57. The van der Waals surface area contributed by atoms with Gasteiger partial charge in [0.1, 0.15) is 10.7 Å². The Bertz CT molecular complexity index is 1460. The third-order valence-electron chi connectivity index (χ3n) is 5.76. The number of carbonyl (C=O) groups excluding carboxylic acids is 1. The van der Waals surface area contributed by atoms with Crippen molar-refractivity contribution in [1.82, 2.24) is 14.9 Å². The minimum atomic E-state index is -0.151. The lowest BCUT2D eigenvalue weighted by molar-refractivity contribution is -0.117. The molecule has 0 fully saturated rings. The number of thiophene rings is 1. The number of anilines is 1. The largest absolute Gasteiger partial charge is 0.454 e. The van der Waals surface area contributed by atoms with Crippen molar-refractivity contribution >= 4 is 33.1 Å².